The third-order valence-electron chi connectivity index (χ3n) is 4.31. The predicted molar refractivity (Wildman–Crippen MR) is 91.9 cm³/mol. The number of benzene rings is 1. The first kappa shape index (κ1) is 16.9. The van der Waals surface area contributed by atoms with Crippen molar-refractivity contribution in [3.8, 4) is 11.5 Å². The summed E-state index contributed by atoms with van der Waals surface area (Å²) >= 11 is 0. The zero-order valence-electron chi connectivity index (χ0n) is 14.2. The monoisotopic (exact) mass is 303 g/mol. The minimum atomic E-state index is 0.460. The molecule has 0 aromatic heterocycles. The van der Waals surface area contributed by atoms with Crippen LogP contribution in [0.25, 0.3) is 0 Å². The van der Waals surface area contributed by atoms with Gasteiger partial charge in [0.25, 0.3) is 0 Å². The van der Waals surface area contributed by atoms with Gasteiger partial charge in [-0.15, -0.1) is 0 Å². The Labute approximate surface area is 134 Å². The lowest BCUT2D eigenvalue weighted by molar-refractivity contribution is 0.354. The molecule has 1 N–H and O–H groups in total. The molecule has 0 fully saturated rings. The quantitative estimate of drug-likeness (QED) is 0.733. The summed E-state index contributed by atoms with van der Waals surface area (Å²) in [6.45, 7) is 3.31. The van der Waals surface area contributed by atoms with E-state index in [4.69, 9.17) is 9.47 Å². The Morgan fingerprint density at radius 2 is 1.95 bits per heavy atom. The van der Waals surface area contributed by atoms with Crippen molar-refractivity contribution in [2.24, 2.45) is 0 Å². The van der Waals surface area contributed by atoms with Crippen LogP contribution in [-0.2, 0) is 6.42 Å². The molecule has 1 aliphatic rings. The first-order valence-electron chi connectivity index (χ1n) is 8.35. The van der Waals surface area contributed by atoms with Crippen LogP contribution in [0.15, 0.2) is 29.8 Å². The van der Waals surface area contributed by atoms with Crippen molar-refractivity contribution in [2.45, 2.75) is 51.5 Å². The summed E-state index contributed by atoms with van der Waals surface area (Å²) < 4.78 is 10.6. The van der Waals surface area contributed by atoms with Crippen LogP contribution in [-0.4, -0.2) is 26.8 Å². The number of hydrogen-bond donors (Lipinski definition) is 1. The van der Waals surface area contributed by atoms with Crippen molar-refractivity contribution >= 4 is 0 Å². The van der Waals surface area contributed by atoms with Crippen LogP contribution in [0, 0.1) is 0 Å². The van der Waals surface area contributed by atoms with Gasteiger partial charge in [-0.25, -0.2) is 0 Å². The lowest BCUT2D eigenvalue weighted by Gasteiger charge is -2.17. The topological polar surface area (TPSA) is 30.5 Å². The molecule has 22 heavy (non-hydrogen) atoms. The van der Waals surface area contributed by atoms with Gasteiger partial charge in [0.1, 0.15) is 0 Å². The van der Waals surface area contributed by atoms with E-state index in [-0.39, 0.29) is 0 Å². The second kappa shape index (κ2) is 8.84. The maximum atomic E-state index is 5.37. The molecule has 2 rings (SSSR count). The van der Waals surface area contributed by atoms with Gasteiger partial charge in [-0.3, -0.25) is 0 Å². The summed E-state index contributed by atoms with van der Waals surface area (Å²) in [6, 6.07) is 6.62. The molecule has 0 radical (unpaired) electrons. The van der Waals surface area contributed by atoms with Crippen molar-refractivity contribution in [2.75, 3.05) is 20.8 Å². The van der Waals surface area contributed by atoms with E-state index in [1.807, 2.05) is 6.07 Å². The highest BCUT2D eigenvalue weighted by Gasteiger charge is 2.09. The molecule has 0 aliphatic heterocycles. The van der Waals surface area contributed by atoms with Crippen LogP contribution in [0.5, 0.6) is 11.5 Å². The van der Waals surface area contributed by atoms with E-state index in [2.05, 4.69) is 30.4 Å². The number of nitrogens with one attached hydrogen (secondary N) is 1. The van der Waals surface area contributed by atoms with E-state index < -0.39 is 0 Å². The largest absolute Gasteiger partial charge is 0.493 e. The molecule has 0 saturated carbocycles. The summed E-state index contributed by atoms with van der Waals surface area (Å²) in [5, 5.41) is 3.63. The van der Waals surface area contributed by atoms with E-state index in [1.54, 1.807) is 19.8 Å². The van der Waals surface area contributed by atoms with E-state index in [0.29, 0.717) is 6.04 Å². The molecule has 1 aromatic rings. The highest BCUT2D eigenvalue weighted by Crippen LogP contribution is 2.28. The molecule has 1 aromatic carbocycles. The first-order chi connectivity index (χ1) is 10.7. The highest BCUT2D eigenvalue weighted by molar-refractivity contribution is 5.43. The molecule has 0 bridgehead atoms. The lowest BCUT2D eigenvalue weighted by atomic mass is 9.97. The molecule has 1 atom stereocenters. The van der Waals surface area contributed by atoms with Crippen molar-refractivity contribution in [3.63, 3.8) is 0 Å². The minimum Gasteiger partial charge on any atom is -0.493 e. The van der Waals surface area contributed by atoms with Gasteiger partial charge in [-0.1, -0.05) is 17.7 Å². The van der Waals surface area contributed by atoms with Gasteiger partial charge in [0, 0.05) is 6.04 Å². The minimum absolute atomic E-state index is 0.460. The lowest BCUT2D eigenvalue weighted by Crippen LogP contribution is -2.29. The van der Waals surface area contributed by atoms with Gasteiger partial charge in [0.05, 0.1) is 14.2 Å². The molecular weight excluding hydrogens is 274 g/mol. The van der Waals surface area contributed by atoms with Gasteiger partial charge in [0.2, 0.25) is 0 Å². The Bertz CT molecular complexity index is 496. The first-order valence-corrected chi connectivity index (χ1v) is 8.35. The van der Waals surface area contributed by atoms with Crippen LogP contribution in [0.2, 0.25) is 0 Å². The number of ether oxygens (including phenoxy) is 2. The molecule has 3 heteroatoms. The van der Waals surface area contributed by atoms with Gasteiger partial charge in [-0.05, 0) is 69.7 Å². The standard InChI is InChI=1S/C19H29NO2/c1-15(20-12-11-16-7-5-4-6-8-16)13-17-9-10-18(21-2)19(14-17)22-3/h7,9-10,14-15,20H,4-6,8,11-13H2,1-3H3/t15-/m1/s1. The normalized spacial score (nSPS) is 16.0. The van der Waals surface area contributed by atoms with Gasteiger partial charge in [0.15, 0.2) is 11.5 Å². The maximum Gasteiger partial charge on any atom is 0.160 e. The molecule has 3 nitrogen and oxygen atoms in total. The maximum absolute atomic E-state index is 5.37. The number of methoxy groups -OCH3 is 2. The third-order valence-corrected chi connectivity index (χ3v) is 4.31. The molecule has 0 unspecified atom stereocenters. The van der Waals surface area contributed by atoms with E-state index in [1.165, 1.54) is 37.7 Å². The Morgan fingerprint density at radius 1 is 1.14 bits per heavy atom. The van der Waals surface area contributed by atoms with Gasteiger partial charge < -0.3 is 14.8 Å². The van der Waals surface area contributed by atoms with E-state index in [9.17, 15) is 0 Å². The average Bonchev–Trinajstić information content (AvgIpc) is 2.55. The Hall–Kier alpha value is -1.48. The molecule has 0 heterocycles. The number of hydrogen-bond acceptors (Lipinski definition) is 3. The summed E-state index contributed by atoms with van der Waals surface area (Å²) in [7, 11) is 3.35. The van der Waals surface area contributed by atoms with E-state index >= 15 is 0 Å². The van der Waals surface area contributed by atoms with Crippen molar-refractivity contribution in [1.29, 1.82) is 0 Å². The summed E-state index contributed by atoms with van der Waals surface area (Å²) in [5.74, 6) is 1.59. The van der Waals surface area contributed by atoms with Crippen LogP contribution >= 0.6 is 0 Å². The molecule has 0 amide bonds. The van der Waals surface area contributed by atoms with E-state index in [0.717, 1.165) is 24.5 Å². The summed E-state index contributed by atoms with van der Waals surface area (Å²) in [5.41, 5.74) is 2.91. The fourth-order valence-electron chi connectivity index (χ4n) is 3.04. The van der Waals surface area contributed by atoms with Crippen LogP contribution in [0.1, 0.15) is 44.6 Å². The fourth-order valence-corrected chi connectivity index (χ4v) is 3.04. The zero-order chi connectivity index (χ0) is 15.8. The van der Waals surface area contributed by atoms with Crippen molar-refractivity contribution < 1.29 is 9.47 Å². The zero-order valence-corrected chi connectivity index (χ0v) is 14.2. The van der Waals surface area contributed by atoms with Crippen LogP contribution in [0.4, 0.5) is 0 Å². The number of rotatable bonds is 8. The second-order valence-electron chi connectivity index (χ2n) is 6.11. The average molecular weight is 303 g/mol. The molecule has 1 aliphatic carbocycles. The van der Waals surface area contributed by atoms with Crippen molar-refractivity contribution in [1.82, 2.24) is 5.32 Å². The second-order valence-corrected chi connectivity index (χ2v) is 6.11. The number of allylic oxidation sites excluding steroid dienone is 1. The third kappa shape index (κ3) is 5.06. The van der Waals surface area contributed by atoms with Crippen LogP contribution in [0.3, 0.4) is 0 Å². The van der Waals surface area contributed by atoms with Gasteiger partial charge >= 0.3 is 0 Å². The SMILES string of the molecule is COc1ccc(C[C@@H](C)NCCC2=CCCCC2)cc1OC. The Balaban J connectivity index is 1.78. The molecule has 0 saturated heterocycles. The Morgan fingerprint density at radius 3 is 2.64 bits per heavy atom. The Kier molecular flexibility index (Phi) is 6.78. The highest BCUT2D eigenvalue weighted by atomic mass is 16.5. The smallest absolute Gasteiger partial charge is 0.160 e. The summed E-state index contributed by atoms with van der Waals surface area (Å²) in [4.78, 5) is 0. The fraction of sp³-hybridized carbons (Fsp3) is 0.579. The predicted octanol–water partition coefficient (Wildman–Crippen LogP) is 4.11. The van der Waals surface area contributed by atoms with Crippen molar-refractivity contribution in [3.05, 3.63) is 35.4 Å². The van der Waals surface area contributed by atoms with Gasteiger partial charge in [-0.2, -0.15) is 0 Å². The molecular formula is C19H29NO2. The van der Waals surface area contributed by atoms with Crippen LogP contribution < -0.4 is 14.8 Å². The molecule has 122 valence electrons. The summed E-state index contributed by atoms with van der Waals surface area (Å²) in [6.07, 6.45) is 9.93. The molecule has 0 spiro atoms.